The molecular weight excluding hydrogens is 761 g/mol. The average molecular weight is 819 g/mol. The third kappa shape index (κ3) is 11.4. The Hall–Kier alpha value is -4.92. The molecule has 0 radical (unpaired) electrons. The van der Waals surface area contributed by atoms with Crippen molar-refractivity contribution in [2.45, 2.75) is 66.2 Å². The quantitative estimate of drug-likeness (QED) is 0.101. The minimum absolute atomic E-state index is 0. The molecule has 0 aliphatic heterocycles. The molecule has 0 aliphatic rings. The van der Waals surface area contributed by atoms with Crippen LogP contribution in [-0.2, 0) is 34.6 Å². The molecule has 0 amide bonds. The largest absolute Gasteiger partial charge is 4.00 e. The summed E-state index contributed by atoms with van der Waals surface area (Å²) in [6.45, 7) is 12.3. The predicted molar refractivity (Wildman–Crippen MR) is 262 cm³/mol. The smallest absolute Gasteiger partial charge is 0.343 e. The van der Waals surface area contributed by atoms with Gasteiger partial charge in [0, 0.05) is 0 Å². The normalized spacial score (nSPS) is 10.5. The fraction of sp³-hybridized carbons (Fsp3) is 0.175. The summed E-state index contributed by atoms with van der Waals surface area (Å²) < 4.78 is 0. The molecule has 0 saturated heterocycles. The van der Waals surface area contributed by atoms with Gasteiger partial charge in [0.25, 0.3) is 0 Å². The van der Waals surface area contributed by atoms with Crippen molar-refractivity contribution in [2.24, 2.45) is 0 Å². The molecule has 0 fully saturated rings. The number of hydrogen-bond donors (Lipinski definition) is 0. The van der Waals surface area contributed by atoms with E-state index in [-0.39, 0.29) is 21.7 Å². The monoisotopic (exact) mass is 818 g/mol. The molecule has 2 heteroatoms. The van der Waals surface area contributed by atoms with Crippen LogP contribution in [0.5, 0.6) is 0 Å². The van der Waals surface area contributed by atoms with E-state index in [1.165, 1.54) is 106 Å². The third-order valence-corrected chi connectivity index (χ3v) is 11.6. The van der Waals surface area contributed by atoms with Crippen LogP contribution in [0.4, 0.5) is 0 Å². The van der Waals surface area contributed by atoms with Gasteiger partial charge in [-0.05, 0) is 60.9 Å². The van der Waals surface area contributed by atoms with Crippen molar-refractivity contribution in [3.05, 3.63) is 206 Å². The Morgan fingerprint density at radius 3 is 1.34 bits per heavy atom. The molecule has 0 heterocycles. The Morgan fingerprint density at radius 2 is 0.915 bits per heavy atom. The molecule has 0 aromatic heterocycles. The van der Waals surface area contributed by atoms with Crippen molar-refractivity contribution >= 4 is 58.1 Å². The van der Waals surface area contributed by atoms with Crippen LogP contribution in [0.3, 0.4) is 0 Å². The first-order valence-electron chi connectivity index (χ1n) is 21.1. The minimum Gasteiger partial charge on any atom is -0.343 e. The summed E-state index contributed by atoms with van der Waals surface area (Å²) in [5.74, 6) is 0. The Kier molecular flexibility index (Phi) is 17.6. The van der Waals surface area contributed by atoms with Crippen LogP contribution in [0.15, 0.2) is 176 Å². The second kappa shape index (κ2) is 23.0. The molecule has 0 atom stereocenters. The second-order valence-electron chi connectivity index (χ2n) is 14.9. The van der Waals surface area contributed by atoms with Crippen LogP contribution in [0.1, 0.15) is 70.1 Å². The van der Waals surface area contributed by atoms with Gasteiger partial charge in [0.2, 0.25) is 0 Å². The van der Waals surface area contributed by atoms with Crippen LogP contribution in [0.25, 0.3) is 65.3 Å². The van der Waals surface area contributed by atoms with Crippen molar-refractivity contribution in [3.63, 3.8) is 0 Å². The summed E-state index contributed by atoms with van der Waals surface area (Å²) >= 11 is 0. The zero-order valence-corrected chi connectivity index (χ0v) is 38.5. The number of benzene rings is 7. The SMILES string of the molecule is CCc1cc2c(-c3cccc4ccccc34)cccc2[cH-]1.CCc1cc2c(-c3cccc4ccccc34)cccc2[cH-]1.C[CH-]CCC(=[SiH2])c1ccccc1.[CH2-]CCC.[Ti+4]. The predicted octanol–water partition coefficient (Wildman–Crippen LogP) is 15.3. The molecule has 0 nitrogen and oxygen atoms in total. The molecule has 59 heavy (non-hydrogen) atoms. The molecule has 0 spiro atoms. The van der Waals surface area contributed by atoms with Crippen molar-refractivity contribution in [3.8, 4) is 22.3 Å². The fourth-order valence-corrected chi connectivity index (χ4v) is 7.97. The van der Waals surface area contributed by atoms with E-state index in [4.69, 9.17) is 0 Å². The van der Waals surface area contributed by atoms with Gasteiger partial charge in [-0.1, -0.05) is 177 Å². The maximum atomic E-state index is 3.60. The van der Waals surface area contributed by atoms with Gasteiger partial charge in [-0.25, -0.2) is 0 Å². The van der Waals surface area contributed by atoms with Gasteiger partial charge >= 0.3 is 21.7 Å². The van der Waals surface area contributed by atoms with Gasteiger partial charge in [-0.2, -0.15) is 31.9 Å². The van der Waals surface area contributed by atoms with Crippen LogP contribution < -0.4 is 0 Å². The fourth-order valence-electron chi connectivity index (χ4n) is 7.53. The van der Waals surface area contributed by atoms with Crippen molar-refractivity contribution in [2.75, 3.05) is 0 Å². The van der Waals surface area contributed by atoms with E-state index in [9.17, 15) is 0 Å². The molecule has 0 bridgehead atoms. The minimum atomic E-state index is 0. The maximum Gasteiger partial charge on any atom is 4.00 e. The molecule has 0 unspecified atom stereocenters. The zero-order valence-electron chi connectivity index (χ0n) is 35.5. The van der Waals surface area contributed by atoms with E-state index >= 15 is 0 Å². The summed E-state index contributed by atoms with van der Waals surface area (Å²) in [6, 6.07) is 63.5. The maximum absolute atomic E-state index is 3.60. The Balaban J connectivity index is 0.000000165. The number of rotatable bonds is 9. The van der Waals surface area contributed by atoms with Gasteiger partial charge in [0.15, 0.2) is 0 Å². The van der Waals surface area contributed by atoms with E-state index in [2.05, 4.69) is 217 Å². The molecule has 9 aromatic rings. The van der Waals surface area contributed by atoms with Crippen LogP contribution >= 0.6 is 0 Å². The van der Waals surface area contributed by atoms with Crippen LogP contribution in [-0.4, -0.2) is 15.0 Å². The zero-order chi connectivity index (χ0) is 40.7. The first-order valence-corrected chi connectivity index (χ1v) is 21.8. The number of fused-ring (bicyclic) bond motifs is 4. The Morgan fingerprint density at radius 1 is 0.525 bits per heavy atom. The van der Waals surface area contributed by atoms with Crippen LogP contribution in [0.2, 0.25) is 0 Å². The molecule has 9 rings (SSSR count). The first kappa shape index (κ1) is 45.2. The number of hydrogen-bond acceptors (Lipinski definition) is 0. The Bertz CT molecular complexity index is 2500. The van der Waals surface area contributed by atoms with Crippen molar-refractivity contribution in [1.82, 2.24) is 0 Å². The summed E-state index contributed by atoms with van der Waals surface area (Å²) in [5.41, 5.74) is 9.54. The van der Waals surface area contributed by atoms with E-state index in [0.29, 0.717) is 0 Å². The topological polar surface area (TPSA) is 0 Å². The van der Waals surface area contributed by atoms with Crippen molar-refractivity contribution < 1.29 is 21.7 Å². The first-order chi connectivity index (χ1) is 28.5. The summed E-state index contributed by atoms with van der Waals surface area (Å²) in [6.07, 6.45) is 9.05. The third-order valence-electron chi connectivity index (χ3n) is 10.9. The van der Waals surface area contributed by atoms with Gasteiger partial charge in [0.1, 0.15) is 0 Å². The summed E-state index contributed by atoms with van der Waals surface area (Å²) in [7, 11) is 2.00. The van der Waals surface area contributed by atoms with Gasteiger partial charge in [-0.15, -0.1) is 69.1 Å². The van der Waals surface area contributed by atoms with Gasteiger partial charge < -0.3 is 13.3 Å². The van der Waals surface area contributed by atoms with Crippen molar-refractivity contribution in [1.29, 1.82) is 0 Å². The number of unbranched alkanes of at least 4 members (excludes halogenated alkanes) is 2. The summed E-state index contributed by atoms with van der Waals surface area (Å²) in [5, 5.41) is 12.2. The second-order valence-corrected chi connectivity index (χ2v) is 15.7. The molecule has 9 aromatic carbocycles. The number of aryl methyl sites for hydroxylation is 2. The van der Waals surface area contributed by atoms with E-state index < -0.39 is 0 Å². The van der Waals surface area contributed by atoms with Gasteiger partial charge in [0.05, 0.1) is 0 Å². The van der Waals surface area contributed by atoms with E-state index in [1.54, 1.807) is 0 Å². The molecule has 0 aliphatic carbocycles. The summed E-state index contributed by atoms with van der Waals surface area (Å²) in [4.78, 5) is 0. The van der Waals surface area contributed by atoms with E-state index in [0.717, 1.165) is 19.3 Å². The van der Waals surface area contributed by atoms with Crippen LogP contribution in [0, 0.1) is 13.3 Å². The molecule has 0 saturated carbocycles. The van der Waals surface area contributed by atoms with Gasteiger partial charge in [-0.3, -0.25) is 0 Å². The Labute approximate surface area is 372 Å². The molecule has 0 N–H and O–H groups in total. The average Bonchev–Trinajstić information content (AvgIpc) is 3.93. The molecule has 294 valence electrons. The van der Waals surface area contributed by atoms with E-state index in [1.807, 2.05) is 9.85 Å². The standard InChI is InChI=1S/2C21H17.C11H15Si.C4H9.Ti/c2*1-2-15-13-17-9-6-12-20(21(17)14-15)19-11-5-8-16-7-3-4-10-18(16)19;1-2-3-9-11(12)10-7-5-4-6-8-10;1-3-4-2;/h2*3-14H,2H2,1H3;2,4-8H,3,9,12H2,1H3;1,3-4H2,2H3;/q4*-1;+4. The molecular formula is C57H58SiTi.